The number of esters is 2. The predicted molar refractivity (Wildman–Crippen MR) is 114 cm³/mol. The van der Waals surface area contributed by atoms with Gasteiger partial charge in [0.05, 0.1) is 32.5 Å². The molecule has 0 aliphatic carbocycles. The van der Waals surface area contributed by atoms with E-state index in [2.05, 4.69) is 24.0 Å². The fourth-order valence-corrected chi connectivity index (χ4v) is 3.82. The molecule has 2 aromatic rings. The van der Waals surface area contributed by atoms with Gasteiger partial charge in [0.2, 0.25) is 0 Å². The molecular weight excluding hydrogens is 380 g/mol. The third-order valence-corrected chi connectivity index (χ3v) is 5.66. The topological polar surface area (TPSA) is 59.1 Å². The van der Waals surface area contributed by atoms with Gasteiger partial charge in [-0.25, -0.2) is 9.59 Å². The molecule has 3 rings (SSSR count). The second-order valence-corrected chi connectivity index (χ2v) is 7.34. The molecule has 2 aromatic carbocycles. The number of carbonyl (C=O) groups excluding carboxylic acids is 2. The molecule has 0 saturated carbocycles. The molecule has 0 bridgehead atoms. The Kier molecular flexibility index (Phi) is 6.90. The smallest absolute Gasteiger partial charge is 0.355 e. The van der Waals surface area contributed by atoms with Crippen LogP contribution in [0.25, 0.3) is 0 Å². The molecular formula is C24H28N2O4. The second-order valence-electron chi connectivity index (χ2n) is 7.34. The number of hydrogen-bond acceptors (Lipinski definition) is 6. The van der Waals surface area contributed by atoms with Crippen molar-refractivity contribution in [1.29, 1.82) is 0 Å². The zero-order valence-corrected chi connectivity index (χ0v) is 17.9. The summed E-state index contributed by atoms with van der Waals surface area (Å²) in [5, 5.41) is 0. The molecule has 0 radical (unpaired) electrons. The number of nitrogens with zero attached hydrogens (tertiary/aromatic N) is 2. The van der Waals surface area contributed by atoms with E-state index in [1.165, 1.54) is 14.2 Å². The van der Waals surface area contributed by atoms with Crippen LogP contribution in [0.1, 0.15) is 37.1 Å². The normalized spacial score (nSPS) is 16.7. The first-order valence-corrected chi connectivity index (χ1v) is 9.98. The zero-order valence-electron chi connectivity index (χ0n) is 17.9. The number of hydrogen-bond donors (Lipinski definition) is 0. The van der Waals surface area contributed by atoms with Crippen LogP contribution in [0.3, 0.4) is 0 Å². The average Bonchev–Trinajstić information content (AvgIpc) is 2.82. The minimum Gasteiger partial charge on any atom is -0.466 e. The second kappa shape index (κ2) is 9.59. The van der Waals surface area contributed by atoms with E-state index in [0.717, 1.165) is 11.1 Å². The van der Waals surface area contributed by atoms with Crippen LogP contribution in [0.4, 0.5) is 0 Å². The van der Waals surface area contributed by atoms with Gasteiger partial charge in [0.1, 0.15) is 5.70 Å². The van der Waals surface area contributed by atoms with E-state index >= 15 is 0 Å². The van der Waals surface area contributed by atoms with Crippen LogP contribution in [0.5, 0.6) is 0 Å². The van der Waals surface area contributed by atoms with Crippen molar-refractivity contribution in [2.45, 2.75) is 25.9 Å². The van der Waals surface area contributed by atoms with E-state index in [0.29, 0.717) is 18.8 Å². The van der Waals surface area contributed by atoms with E-state index in [1.54, 1.807) is 0 Å². The molecule has 2 unspecified atom stereocenters. The van der Waals surface area contributed by atoms with Crippen LogP contribution in [-0.2, 0) is 19.1 Å². The van der Waals surface area contributed by atoms with Crippen LogP contribution in [0.2, 0.25) is 0 Å². The van der Waals surface area contributed by atoms with Gasteiger partial charge >= 0.3 is 11.9 Å². The third-order valence-electron chi connectivity index (χ3n) is 5.66. The van der Waals surface area contributed by atoms with Crippen LogP contribution in [-0.4, -0.2) is 49.2 Å². The molecule has 158 valence electrons. The molecule has 1 heterocycles. The van der Waals surface area contributed by atoms with Crippen LogP contribution in [0, 0.1) is 0 Å². The maximum absolute atomic E-state index is 12.7. The van der Waals surface area contributed by atoms with Gasteiger partial charge in [0.15, 0.2) is 0 Å². The highest BCUT2D eigenvalue weighted by Crippen LogP contribution is 2.34. The fraction of sp³-hybridized carbons (Fsp3) is 0.333. The summed E-state index contributed by atoms with van der Waals surface area (Å²) in [6.07, 6.45) is 0. The minimum absolute atomic E-state index is 0.0375. The van der Waals surface area contributed by atoms with Crippen molar-refractivity contribution >= 4 is 11.9 Å². The van der Waals surface area contributed by atoms with Crippen LogP contribution < -0.4 is 0 Å². The largest absolute Gasteiger partial charge is 0.466 e. The molecule has 1 aliphatic heterocycles. The lowest BCUT2D eigenvalue weighted by Gasteiger charge is -2.43. The lowest BCUT2D eigenvalue weighted by atomic mass is 10.0. The first-order chi connectivity index (χ1) is 14.5. The molecule has 30 heavy (non-hydrogen) atoms. The summed E-state index contributed by atoms with van der Waals surface area (Å²) in [7, 11) is 2.66. The molecule has 0 N–H and O–H groups in total. The van der Waals surface area contributed by atoms with Crippen molar-refractivity contribution in [3.05, 3.63) is 83.1 Å². The van der Waals surface area contributed by atoms with E-state index in [9.17, 15) is 9.59 Å². The summed E-state index contributed by atoms with van der Waals surface area (Å²) in [6.45, 7) is 4.88. The van der Waals surface area contributed by atoms with Gasteiger partial charge in [-0.2, -0.15) is 0 Å². The maximum atomic E-state index is 12.7. The molecule has 1 aliphatic rings. The van der Waals surface area contributed by atoms with Gasteiger partial charge in [-0.1, -0.05) is 60.7 Å². The van der Waals surface area contributed by atoms with Crippen molar-refractivity contribution in [1.82, 2.24) is 9.80 Å². The Bertz CT molecular complexity index is 911. The highest BCUT2D eigenvalue weighted by Gasteiger charge is 2.38. The molecule has 0 fully saturated rings. The molecule has 2 atom stereocenters. The van der Waals surface area contributed by atoms with Crippen molar-refractivity contribution in [3.8, 4) is 0 Å². The Hall–Kier alpha value is -3.12. The van der Waals surface area contributed by atoms with E-state index in [-0.39, 0.29) is 17.8 Å². The molecule has 0 spiro atoms. The lowest BCUT2D eigenvalue weighted by molar-refractivity contribution is -0.143. The first kappa shape index (κ1) is 21.6. The van der Waals surface area contributed by atoms with Gasteiger partial charge in [0.25, 0.3) is 0 Å². The van der Waals surface area contributed by atoms with Gasteiger partial charge in [-0.15, -0.1) is 0 Å². The average molecular weight is 408 g/mol. The lowest BCUT2D eigenvalue weighted by Crippen LogP contribution is -2.49. The van der Waals surface area contributed by atoms with E-state index in [4.69, 9.17) is 9.47 Å². The van der Waals surface area contributed by atoms with E-state index in [1.807, 2.05) is 60.4 Å². The number of ether oxygens (including phenoxy) is 2. The third kappa shape index (κ3) is 4.39. The monoisotopic (exact) mass is 408 g/mol. The SMILES string of the molecule is COC(=O)C1=C(C(=O)OC)N(C(C)c2ccccc2)CN(C(C)c2ccccc2)C1. The molecule has 6 nitrogen and oxygen atoms in total. The molecule has 6 heteroatoms. The van der Waals surface area contributed by atoms with Gasteiger partial charge in [0, 0.05) is 12.6 Å². The first-order valence-electron chi connectivity index (χ1n) is 9.98. The van der Waals surface area contributed by atoms with Crippen molar-refractivity contribution < 1.29 is 19.1 Å². The molecule has 0 aromatic heterocycles. The summed E-state index contributed by atoms with van der Waals surface area (Å²) >= 11 is 0. The summed E-state index contributed by atoms with van der Waals surface area (Å²) in [6, 6.07) is 19.9. The number of benzene rings is 2. The Morgan fingerprint density at radius 1 is 0.800 bits per heavy atom. The highest BCUT2D eigenvalue weighted by molar-refractivity contribution is 6.00. The standard InChI is InChI=1S/C24H28N2O4/c1-17(19-11-7-5-8-12-19)25-15-21(23(27)29-3)22(24(28)30-4)26(16-25)18(2)20-13-9-6-10-14-20/h5-14,17-18H,15-16H2,1-4H3. The van der Waals surface area contributed by atoms with Gasteiger partial charge in [-0.3, -0.25) is 4.90 Å². The number of rotatable bonds is 6. The fourth-order valence-electron chi connectivity index (χ4n) is 3.82. The Morgan fingerprint density at radius 3 is 1.80 bits per heavy atom. The summed E-state index contributed by atoms with van der Waals surface area (Å²) < 4.78 is 10.1. The highest BCUT2D eigenvalue weighted by atomic mass is 16.5. The van der Waals surface area contributed by atoms with Crippen LogP contribution >= 0.6 is 0 Å². The Balaban J connectivity index is 2.07. The number of carbonyl (C=O) groups is 2. The predicted octanol–water partition coefficient (Wildman–Crippen LogP) is 3.68. The quantitative estimate of drug-likeness (QED) is 0.680. The molecule has 0 amide bonds. The Labute approximate surface area is 177 Å². The van der Waals surface area contributed by atoms with Gasteiger partial charge < -0.3 is 14.4 Å². The zero-order chi connectivity index (χ0) is 21.7. The summed E-state index contributed by atoms with van der Waals surface area (Å²) in [5.74, 6) is -1.06. The van der Waals surface area contributed by atoms with Crippen molar-refractivity contribution in [3.63, 3.8) is 0 Å². The Morgan fingerprint density at radius 2 is 1.30 bits per heavy atom. The van der Waals surface area contributed by atoms with Crippen LogP contribution in [0.15, 0.2) is 71.9 Å². The van der Waals surface area contributed by atoms with E-state index < -0.39 is 11.9 Å². The number of methoxy groups -OCH3 is 2. The van der Waals surface area contributed by atoms with Crippen molar-refractivity contribution in [2.75, 3.05) is 27.4 Å². The van der Waals surface area contributed by atoms with Gasteiger partial charge in [-0.05, 0) is 25.0 Å². The summed E-state index contributed by atoms with van der Waals surface area (Å²) in [4.78, 5) is 29.5. The van der Waals surface area contributed by atoms with Crippen molar-refractivity contribution in [2.24, 2.45) is 0 Å². The summed E-state index contributed by atoms with van der Waals surface area (Å²) in [5.41, 5.74) is 2.74. The molecule has 0 saturated heterocycles. The maximum Gasteiger partial charge on any atom is 0.355 e. The minimum atomic E-state index is -0.537.